The van der Waals surface area contributed by atoms with Gasteiger partial charge in [0.25, 0.3) is 0 Å². The van der Waals surface area contributed by atoms with Gasteiger partial charge in [-0.2, -0.15) is 23.5 Å². The van der Waals surface area contributed by atoms with Crippen LogP contribution in [0.5, 0.6) is 0 Å². The van der Waals surface area contributed by atoms with Crippen LogP contribution in [0.25, 0.3) is 0 Å². The van der Waals surface area contributed by atoms with Crippen LogP contribution in [-0.2, 0) is 6.54 Å². The molecular formula is C10H15N3S2. The molecule has 1 aromatic rings. The van der Waals surface area contributed by atoms with Gasteiger partial charge in [0.2, 0.25) is 0 Å². The second kappa shape index (κ2) is 6.35. The minimum Gasteiger partial charge on any atom is -0.310 e. The van der Waals surface area contributed by atoms with Gasteiger partial charge in [-0.25, -0.2) is 9.97 Å². The first-order valence-corrected chi connectivity index (χ1v) is 7.30. The lowest BCUT2D eigenvalue weighted by Gasteiger charge is -2.21. The molecule has 82 valence electrons. The van der Waals surface area contributed by atoms with Gasteiger partial charge in [0.05, 0.1) is 5.69 Å². The zero-order chi connectivity index (χ0) is 10.3. The second-order valence-electron chi connectivity index (χ2n) is 3.40. The largest absolute Gasteiger partial charge is 0.310 e. The lowest BCUT2D eigenvalue weighted by atomic mass is 10.4. The highest BCUT2D eigenvalue weighted by Crippen LogP contribution is 2.23. The van der Waals surface area contributed by atoms with Crippen molar-refractivity contribution in [2.24, 2.45) is 0 Å². The summed E-state index contributed by atoms with van der Waals surface area (Å²) in [6.45, 7) is 1.94. The molecule has 1 aromatic heterocycles. The molecular weight excluding hydrogens is 226 g/mol. The third-order valence-electron chi connectivity index (χ3n) is 2.21. The van der Waals surface area contributed by atoms with Crippen LogP contribution in [0.4, 0.5) is 0 Å². The maximum atomic E-state index is 4.18. The zero-order valence-electron chi connectivity index (χ0n) is 8.56. The van der Waals surface area contributed by atoms with Crippen LogP contribution in [0.1, 0.15) is 5.69 Å². The maximum absolute atomic E-state index is 4.18. The van der Waals surface area contributed by atoms with Gasteiger partial charge >= 0.3 is 0 Å². The molecule has 0 saturated carbocycles. The molecule has 5 heteroatoms. The zero-order valence-corrected chi connectivity index (χ0v) is 10.2. The summed E-state index contributed by atoms with van der Waals surface area (Å²) in [5, 5.41) is 4.22. The fourth-order valence-electron chi connectivity index (χ4n) is 1.44. The number of hydrogen-bond acceptors (Lipinski definition) is 5. The van der Waals surface area contributed by atoms with Crippen molar-refractivity contribution in [1.29, 1.82) is 0 Å². The van der Waals surface area contributed by atoms with E-state index in [1.54, 1.807) is 12.5 Å². The molecule has 1 unspecified atom stereocenters. The van der Waals surface area contributed by atoms with E-state index in [4.69, 9.17) is 0 Å². The molecule has 3 nitrogen and oxygen atoms in total. The van der Waals surface area contributed by atoms with E-state index in [1.807, 2.05) is 6.07 Å². The predicted molar refractivity (Wildman–Crippen MR) is 67.3 cm³/mol. The molecule has 0 amide bonds. The van der Waals surface area contributed by atoms with Gasteiger partial charge in [-0.15, -0.1) is 0 Å². The van der Waals surface area contributed by atoms with Crippen molar-refractivity contribution in [3.63, 3.8) is 0 Å². The molecule has 0 radical (unpaired) electrons. The highest BCUT2D eigenvalue weighted by molar-refractivity contribution is 8.06. The number of aromatic nitrogens is 2. The molecule has 1 saturated heterocycles. The van der Waals surface area contributed by atoms with E-state index >= 15 is 0 Å². The molecule has 1 aliphatic heterocycles. The first kappa shape index (κ1) is 11.2. The van der Waals surface area contributed by atoms with E-state index in [0.29, 0.717) is 0 Å². The third kappa shape index (κ3) is 4.01. The summed E-state index contributed by atoms with van der Waals surface area (Å²) < 4.78 is 0. The van der Waals surface area contributed by atoms with E-state index < -0.39 is 0 Å². The van der Waals surface area contributed by atoms with E-state index in [9.17, 15) is 0 Å². The van der Waals surface area contributed by atoms with Gasteiger partial charge in [0, 0.05) is 41.8 Å². The monoisotopic (exact) mass is 241 g/mol. The summed E-state index contributed by atoms with van der Waals surface area (Å²) in [5.74, 6) is 3.89. The molecule has 1 atom stereocenters. The Kier molecular flexibility index (Phi) is 4.76. The molecule has 0 aromatic carbocycles. The molecule has 2 heterocycles. The van der Waals surface area contributed by atoms with Crippen LogP contribution in [0.3, 0.4) is 0 Å². The van der Waals surface area contributed by atoms with E-state index in [1.165, 1.54) is 17.3 Å². The Balaban J connectivity index is 1.66. The number of nitrogens with zero attached hydrogens (tertiary/aromatic N) is 2. The second-order valence-corrected chi connectivity index (χ2v) is 5.96. The lowest BCUT2D eigenvalue weighted by Crippen LogP contribution is -2.28. The summed E-state index contributed by atoms with van der Waals surface area (Å²) in [6.07, 6.45) is 3.39. The summed E-state index contributed by atoms with van der Waals surface area (Å²) in [6, 6.07) is 1.95. The summed E-state index contributed by atoms with van der Waals surface area (Å²) in [7, 11) is 0. The fraction of sp³-hybridized carbons (Fsp3) is 0.600. The number of hydrogen-bond donors (Lipinski definition) is 1. The van der Waals surface area contributed by atoms with Crippen molar-refractivity contribution >= 4 is 23.5 Å². The quantitative estimate of drug-likeness (QED) is 0.863. The Labute approximate surface area is 98.9 Å². The number of rotatable bonds is 4. The van der Waals surface area contributed by atoms with Crippen molar-refractivity contribution in [3.8, 4) is 0 Å². The van der Waals surface area contributed by atoms with Gasteiger partial charge in [-0.1, -0.05) is 0 Å². The highest BCUT2D eigenvalue weighted by Gasteiger charge is 2.13. The molecule has 1 aliphatic rings. The van der Waals surface area contributed by atoms with Crippen LogP contribution < -0.4 is 5.32 Å². The Hall–Kier alpha value is -0.260. The van der Waals surface area contributed by atoms with Gasteiger partial charge in [0.1, 0.15) is 6.33 Å². The lowest BCUT2D eigenvalue weighted by molar-refractivity contribution is 0.672. The summed E-state index contributed by atoms with van der Waals surface area (Å²) in [5.41, 5.74) is 1.07. The fourth-order valence-corrected chi connectivity index (χ4v) is 4.08. The van der Waals surface area contributed by atoms with Crippen LogP contribution >= 0.6 is 23.5 Å². The molecule has 2 rings (SSSR count). The normalized spacial score (nSPS) is 21.5. The van der Waals surface area contributed by atoms with Crippen molar-refractivity contribution in [3.05, 3.63) is 24.3 Å². The third-order valence-corrected chi connectivity index (χ3v) is 5.05. The Morgan fingerprint density at radius 2 is 2.47 bits per heavy atom. The van der Waals surface area contributed by atoms with Gasteiger partial charge in [0.15, 0.2) is 0 Å². The highest BCUT2D eigenvalue weighted by atomic mass is 32.2. The molecule has 0 spiro atoms. The van der Waals surface area contributed by atoms with E-state index in [-0.39, 0.29) is 0 Å². The Morgan fingerprint density at radius 3 is 3.20 bits per heavy atom. The molecule has 1 fully saturated rings. The predicted octanol–water partition coefficient (Wildman–Crippen LogP) is 1.41. The average molecular weight is 241 g/mol. The van der Waals surface area contributed by atoms with E-state index in [2.05, 4.69) is 38.8 Å². The summed E-state index contributed by atoms with van der Waals surface area (Å²) >= 11 is 4.15. The minimum atomic E-state index is 0.769. The molecule has 0 aliphatic carbocycles. The van der Waals surface area contributed by atoms with Crippen molar-refractivity contribution in [2.75, 3.05) is 23.8 Å². The van der Waals surface area contributed by atoms with Gasteiger partial charge < -0.3 is 5.32 Å². The van der Waals surface area contributed by atoms with Crippen LogP contribution in [0.15, 0.2) is 18.6 Å². The first-order chi connectivity index (χ1) is 7.45. The van der Waals surface area contributed by atoms with Crippen molar-refractivity contribution < 1.29 is 0 Å². The molecule has 1 N–H and O–H groups in total. The van der Waals surface area contributed by atoms with Crippen LogP contribution in [0.2, 0.25) is 0 Å². The van der Waals surface area contributed by atoms with Crippen molar-refractivity contribution in [2.45, 2.75) is 11.8 Å². The van der Waals surface area contributed by atoms with Gasteiger partial charge in [-0.3, -0.25) is 0 Å². The average Bonchev–Trinajstić information content (AvgIpc) is 2.32. The number of thioether (sulfide) groups is 2. The van der Waals surface area contributed by atoms with Crippen LogP contribution in [0, 0.1) is 0 Å². The molecule has 15 heavy (non-hydrogen) atoms. The van der Waals surface area contributed by atoms with Crippen molar-refractivity contribution in [1.82, 2.24) is 15.3 Å². The standard InChI is InChI=1S/C10H15N3S2/c1-2-11-8-13-9(1)5-12-6-10-7-14-3-4-15-10/h1-2,8,10,12H,3-7H2. The SMILES string of the molecule is c1cc(CNCC2CSCCS2)ncn1. The molecule has 0 bridgehead atoms. The Morgan fingerprint density at radius 1 is 1.47 bits per heavy atom. The first-order valence-electron chi connectivity index (χ1n) is 5.10. The van der Waals surface area contributed by atoms with Crippen LogP contribution in [-0.4, -0.2) is 39.0 Å². The van der Waals surface area contributed by atoms with E-state index in [0.717, 1.165) is 24.0 Å². The summed E-state index contributed by atoms with van der Waals surface area (Å²) in [4.78, 5) is 8.07. The Bertz CT molecular complexity index is 275. The topological polar surface area (TPSA) is 37.8 Å². The maximum Gasteiger partial charge on any atom is 0.115 e. The van der Waals surface area contributed by atoms with Gasteiger partial charge in [-0.05, 0) is 6.07 Å². The minimum absolute atomic E-state index is 0.769. The number of nitrogens with one attached hydrogen (secondary N) is 1. The smallest absolute Gasteiger partial charge is 0.115 e.